The number of ether oxygens (including phenoxy) is 1. The van der Waals surface area contributed by atoms with Gasteiger partial charge in [-0.05, 0) is 45.3 Å². The minimum absolute atomic E-state index is 0.245. The van der Waals surface area contributed by atoms with E-state index < -0.39 is 6.03 Å². The number of benzene rings is 2. The fourth-order valence-corrected chi connectivity index (χ4v) is 2.98. The van der Waals surface area contributed by atoms with Crippen LogP contribution in [0.3, 0.4) is 0 Å². The SMILES string of the molecule is COc1ccc(/C=C2\NC(=O)N(Cc3ccccc3)C2=O)cc1Br. The topological polar surface area (TPSA) is 58.6 Å². The van der Waals surface area contributed by atoms with Gasteiger partial charge in [0.05, 0.1) is 18.1 Å². The van der Waals surface area contributed by atoms with Crippen LogP contribution in [0.15, 0.2) is 58.7 Å². The molecule has 1 fully saturated rings. The maximum atomic E-state index is 12.5. The molecule has 0 spiro atoms. The van der Waals surface area contributed by atoms with E-state index in [9.17, 15) is 9.59 Å². The monoisotopic (exact) mass is 386 g/mol. The summed E-state index contributed by atoms with van der Waals surface area (Å²) < 4.78 is 5.95. The van der Waals surface area contributed by atoms with Crippen molar-refractivity contribution in [3.8, 4) is 5.75 Å². The molecule has 24 heavy (non-hydrogen) atoms. The van der Waals surface area contributed by atoms with E-state index in [0.717, 1.165) is 15.6 Å². The Kier molecular flexibility index (Phi) is 4.66. The molecule has 1 aliphatic rings. The van der Waals surface area contributed by atoms with Crippen molar-refractivity contribution in [1.29, 1.82) is 0 Å². The number of halogens is 1. The molecular weight excluding hydrogens is 372 g/mol. The summed E-state index contributed by atoms with van der Waals surface area (Å²) in [6.07, 6.45) is 1.65. The summed E-state index contributed by atoms with van der Waals surface area (Å²) in [7, 11) is 1.58. The molecule has 3 amide bonds. The minimum Gasteiger partial charge on any atom is -0.496 e. The molecule has 1 heterocycles. The molecule has 1 N–H and O–H groups in total. The summed E-state index contributed by atoms with van der Waals surface area (Å²) in [6.45, 7) is 0.245. The van der Waals surface area contributed by atoms with Crippen molar-refractivity contribution >= 4 is 33.9 Å². The molecule has 0 saturated carbocycles. The molecular formula is C18H15BrN2O3. The van der Waals surface area contributed by atoms with Gasteiger partial charge in [0.1, 0.15) is 11.4 Å². The fraction of sp³-hybridized carbons (Fsp3) is 0.111. The smallest absolute Gasteiger partial charge is 0.329 e. The van der Waals surface area contributed by atoms with Gasteiger partial charge in [-0.2, -0.15) is 0 Å². The second-order valence-electron chi connectivity index (χ2n) is 5.26. The maximum Gasteiger partial charge on any atom is 0.329 e. The predicted molar refractivity (Wildman–Crippen MR) is 94.2 cm³/mol. The van der Waals surface area contributed by atoms with Crippen molar-refractivity contribution in [3.63, 3.8) is 0 Å². The van der Waals surface area contributed by atoms with Crippen LogP contribution in [-0.4, -0.2) is 23.9 Å². The first kappa shape index (κ1) is 16.3. The van der Waals surface area contributed by atoms with E-state index >= 15 is 0 Å². The molecule has 3 rings (SSSR count). The molecule has 0 bridgehead atoms. The number of carbonyl (C=O) groups is 2. The van der Waals surface area contributed by atoms with Gasteiger partial charge in [-0.25, -0.2) is 4.79 Å². The standard InChI is InChI=1S/C18H15BrN2O3/c1-24-16-8-7-13(9-14(16)19)10-15-17(22)21(18(23)20-15)11-12-5-3-2-4-6-12/h2-10H,11H2,1H3,(H,20,23)/b15-10-. The van der Waals surface area contributed by atoms with Gasteiger partial charge in [-0.15, -0.1) is 0 Å². The molecule has 2 aromatic carbocycles. The second kappa shape index (κ2) is 6.88. The zero-order chi connectivity index (χ0) is 17.1. The van der Waals surface area contributed by atoms with Crippen molar-refractivity contribution in [2.75, 3.05) is 7.11 Å². The van der Waals surface area contributed by atoms with Gasteiger partial charge < -0.3 is 10.1 Å². The van der Waals surface area contributed by atoms with Crippen molar-refractivity contribution in [1.82, 2.24) is 10.2 Å². The van der Waals surface area contributed by atoms with Crippen molar-refractivity contribution < 1.29 is 14.3 Å². The van der Waals surface area contributed by atoms with Crippen molar-refractivity contribution in [2.45, 2.75) is 6.54 Å². The molecule has 0 atom stereocenters. The lowest BCUT2D eigenvalue weighted by Gasteiger charge is -2.11. The average molecular weight is 387 g/mol. The summed E-state index contributed by atoms with van der Waals surface area (Å²) in [5.41, 5.74) is 1.94. The molecule has 1 aliphatic heterocycles. The van der Waals surface area contributed by atoms with Crippen LogP contribution >= 0.6 is 15.9 Å². The van der Waals surface area contributed by atoms with Crippen LogP contribution in [0.5, 0.6) is 5.75 Å². The van der Waals surface area contributed by atoms with Crippen LogP contribution in [0.4, 0.5) is 4.79 Å². The number of hydrogen-bond donors (Lipinski definition) is 1. The lowest BCUT2D eigenvalue weighted by atomic mass is 10.1. The van der Waals surface area contributed by atoms with Gasteiger partial charge in [0.2, 0.25) is 0 Å². The summed E-state index contributed by atoms with van der Waals surface area (Å²) in [5.74, 6) is 0.362. The van der Waals surface area contributed by atoms with E-state index in [1.165, 1.54) is 4.90 Å². The Bertz CT molecular complexity index is 818. The highest BCUT2D eigenvalue weighted by Crippen LogP contribution is 2.27. The number of imide groups is 1. The molecule has 6 heteroatoms. The van der Waals surface area contributed by atoms with Crippen LogP contribution in [-0.2, 0) is 11.3 Å². The van der Waals surface area contributed by atoms with Gasteiger partial charge >= 0.3 is 6.03 Å². The van der Waals surface area contributed by atoms with Crippen molar-refractivity contribution in [2.24, 2.45) is 0 Å². The van der Waals surface area contributed by atoms with E-state index in [1.807, 2.05) is 42.5 Å². The Balaban J connectivity index is 1.82. The third-order valence-electron chi connectivity index (χ3n) is 3.63. The van der Waals surface area contributed by atoms with Gasteiger partial charge in [0.25, 0.3) is 5.91 Å². The summed E-state index contributed by atoms with van der Waals surface area (Å²) in [6, 6.07) is 14.4. The van der Waals surface area contributed by atoms with E-state index in [-0.39, 0.29) is 18.1 Å². The van der Waals surface area contributed by atoms with Crippen LogP contribution in [0.1, 0.15) is 11.1 Å². The number of methoxy groups -OCH3 is 1. The number of rotatable bonds is 4. The van der Waals surface area contributed by atoms with Gasteiger partial charge in [-0.3, -0.25) is 9.69 Å². The molecule has 0 aromatic heterocycles. The van der Waals surface area contributed by atoms with E-state index in [2.05, 4.69) is 21.2 Å². The Labute approximate surface area is 148 Å². The average Bonchev–Trinajstić information content (AvgIpc) is 2.84. The highest BCUT2D eigenvalue weighted by atomic mass is 79.9. The highest BCUT2D eigenvalue weighted by Gasteiger charge is 2.33. The maximum absolute atomic E-state index is 12.5. The number of urea groups is 1. The first-order valence-corrected chi connectivity index (χ1v) is 8.10. The third-order valence-corrected chi connectivity index (χ3v) is 4.25. The zero-order valence-electron chi connectivity index (χ0n) is 13.0. The minimum atomic E-state index is -0.414. The van der Waals surface area contributed by atoms with Crippen LogP contribution in [0.2, 0.25) is 0 Å². The third kappa shape index (κ3) is 3.33. The first-order valence-electron chi connectivity index (χ1n) is 7.30. The molecule has 1 saturated heterocycles. The Morgan fingerprint density at radius 1 is 1.17 bits per heavy atom. The molecule has 122 valence electrons. The van der Waals surface area contributed by atoms with E-state index in [4.69, 9.17) is 4.74 Å². The Morgan fingerprint density at radius 3 is 2.58 bits per heavy atom. The number of nitrogens with zero attached hydrogens (tertiary/aromatic N) is 1. The molecule has 0 unspecified atom stereocenters. The summed E-state index contributed by atoms with van der Waals surface area (Å²) in [4.78, 5) is 25.7. The zero-order valence-corrected chi connectivity index (χ0v) is 14.5. The molecule has 2 aromatic rings. The molecule has 0 aliphatic carbocycles. The summed E-state index contributed by atoms with van der Waals surface area (Å²) in [5, 5.41) is 2.62. The Hall–Kier alpha value is -2.60. The molecule has 5 nitrogen and oxygen atoms in total. The van der Waals surface area contributed by atoms with Crippen LogP contribution < -0.4 is 10.1 Å². The van der Waals surface area contributed by atoms with E-state index in [1.54, 1.807) is 19.3 Å². The van der Waals surface area contributed by atoms with Crippen LogP contribution in [0.25, 0.3) is 6.08 Å². The normalized spacial score (nSPS) is 15.8. The van der Waals surface area contributed by atoms with Gasteiger partial charge in [-0.1, -0.05) is 36.4 Å². The number of hydrogen-bond acceptors (Lipinski definition) is 3. The first-order chi connectivity index (χ1) is 11.6. The number of nitrogens with one attached hydrogen (secondary N) is 1. The van der Waals surface area contributed by atoms with Gasteiger partial charge in [0, 0.05) is 0 Å². The summed E-state index contributed by atoms with van der Waals surface area (Å²) >= 11 is 3.40. The van der Waals surface area contributed by atoms with Gasteiger partial charge in [0.15, 0.2) is 0 Å². The largest absolute Gasteiger partial charge is 0.496 e. The second-order valence-corrected chi connectivity index (χ2v) is 6.11. The van der Waals surface area contributed by atoms with Crippen molar-refractivity contribution in [3.05, 3.63) is 69.8 Å². The van der Waals surface area contributed by atoms with E-state index in [0.29, 0.717) is 5.75 Å². The highest BCUT2D eigenvalue weighted by molar-refractivity contribution is 9.10. The van der Waals surface area contributed by atoms with Crippen LogP contribution in [0, 0.1) is 0 Å². The molecule has 0 radical (unpaired) electrons. The predicted octanol–water partition coefficient (Wildman–Crippen LogP) is 3.55. The Morgan fingerprint density at radius 2 is 1.92 bits per heavy atom. The number of amides is 3. The lowest BCUT2D eigenvalue weighted by Crippen LogP contribution is -2.30. The fourth-order valence-electron chi connectivity index (χ4n) is 2.42. The lowest BCUT2D eigenvalue weighted by molar-refractivity contribution is -0.123. The number of carbonyl (C=O) groups excluding carboxylic acids is 2. The quantitative estimate of drug-likeness (QED) is 0.645.